The number of carbonyl (C=O) groups is 1. The van der Waals surface area contributed by atoms with Crippen LogP contribution in [-0.4, -0.2) is 40.9 Å². The van der Waals surface area contributed by atoms with Crippen molar-refractivity contribution in [2.75, 3.05) is 19.8 Å². The first-order chi connectivity index (χ1) is 17.0. The summed E-state index contributed by atoms with van der Waals surface area (Å²) in [4.78, 5) is 27.5. The molecule has 8 rings (SSSR count). The molecule has 0 amide bonds. The topological polar surface area (TPSA) is 119 Å². The number of Topliss-reactive ketones (excluding diaryl/α,β-unsaturated/α-hetero) is 1. The number of benzene rings is 1. The Bertz CT molecular complexity index is 1060. The minimum atomic E-state index is -0.792. The molecule has 7 saturated carbocycles. The fourth-order valence-corrected chi connectivity index (χ4v) is 9.72. The van der Waals surface area contributed by atoms with E-state index in [1.807, 2.05) is 12.1 Å². The monoisotopic (exact) mass is 499 g/mol. The number of nitrogens with zero attached hydrogens (tertiary/aromatic N) is 1. The van der Waals surface area contributed by atoms with E-state index in [0.717, 1.165) is 44.1 Å². The van der Waals surface area contributed by atoms with Crippen molar-refractivity contribution in [2.24, 2.45) is 34.5 Å². The number of carbonyl (C=O) groups excluding carboxylic acids is 1. The van der Waals surface area contributed by atoms with Gasteiger partial charge in [0.1, 0.15) is 23.9 Å². The minimum Gasteiger partial charge on any atom is -0.508 e. The molecule has 1 aromatic carbocycles. The summed E-state index contributed by atoms with van der Waals surface area (Å²) in [6, 6.07) is 3.76. The van der Waals surface area contributed by atoms with Crippen molar-refractivity contribution >= 4 is 5.78 Å². The summed E-state index contributed by atoms with van der Waals surface area (Å²) in [6.45, 7) is 4.96. The zero-order valence-corrected chi connectivity index (χ0v) is 21.2. The number of ether oxygens (including phenoxy) is 1. The third-order valence-electron chi connectivity index (χ3n) is 10.8. The molecule has 5 atom stereocenters. The minimum absolute atomic E-state index is 0.0172. The number of aromatic hydroxyl groups is 2. The highest BCUT2D eigenvalue weighted by molar-refractivity contribution is 5.86. The van der Waals surface area contributed by atoms with Crippen LogP contribution in [0.4, 0.5) is 0 Å². The van der Waals surface area contributed by atoms with Crippen LogP contribution in [0.5, 0.6) is 11.5 Å². The van der Waals surface area contributed by atoms with E-state index >= 15 is 0 Å². The molecule has 7 aliphatic carbocycles. The highest BCUT2D eigenvalue weighted by Gasteiger charge is 2.60. The molecule has 2 unspecified atom stereocenters. The molecule has 0 aliphatic heterocycles. The summed E-state index contributed by atoms with van der Waals surface area (Å²) in [7, 11) is 0. The van der Waals surface area contributed by atoms with Gasteiger partial charge in [-0.2, -0.15) is 0 Å². The van der Waals surface area contributed by atoms with Crippen LogP contribution in [0.2, 0.25) is 0 Å². The van der Waals surface area contributed by atoms with E-state index in [0.29, 0.717) is 36.3 Å². The molecule has 8 heteroatoms. The lowest BCUT2D eigenvalue weighted by molar-refractivity contribution is -0.758. The predicted octanol–water partition coefficient (Wildman–Crippen LogP) is 4.88. The van der Waals surface area contributed by atoms with Gasteiger partial charge in [0.25, 0.3) is 5.09 Å². The van der Waals surface area contributed by atoms with Gasteiger partial charge in [-0.25, -0.2) is 0 Å². The van der Waals surface area contributed by atoms with Crippen molar-refractivity contribution in [3.8, 4) is 11.5 Å². The average Bonchev–Trinajstić information content (AvgIpc) is 2.76. The number of fused-ring (bicyclic) bond motifs is 2. The van der Waals surface area contributed by atoms with Crippen LogP contribution >= 0.6 is 0 Å². The van der Waals surface area contributed by atoms with Crippen molar-refractivity contribution in [3.05, 3.63) is 33.4 Å². The molecule has 0 heterocycles. The Morgan fingerprint density at radius 3 is 2.31 bits per heavy atom. The number of rotatable bonds is 8. The molecular formula is C28H37NO7. The van der Waals surface area contributed by atoms with Crippen LogP contribution in [0.1, 0.15) is 82.3 Å². The second-order valence-corrected chi connectivity index (χ2v) is 13.3. The van der Waals surface area contributed by atoms with E-state index < -0.39 is 5.09 Å². The quantitative estimate of drug-likeness (QED) is 0.297. The van der Waals surface area contributed by atoms with Crippen molar-refractivity contribution in [3.63, 3.8) is 0 Å². The summed E-state index contributed by atoms with van der Waals surface area (Å²) in [5.74, 6) is 1.94. The first-order valence-corrected chi connectivity index (χ1v) is 13.5. The van der Waals surface area contributed by atoms with Gasteiger partial charge in [0.05, 0.1) is 13.2 Å². The molecular weight excluding hydrogens is 462 g/mol. The Hall–Kier alpha value is -2.35. The van der Waals surface area contributed by atoms with Gasteiger partial charge in [-0.15, -0.1) is 10.1 Å². The lowest BCUT2D eigenvalue weighted by Crippen LogP contribution is -2.56. The van der Waals surface area contributed by atoms with Gasteiger partial charge >= 0.3 is 0 Å². The van der Waals surface area contributed by atoms with Crippen LogP contribution in [0, 0.1) is 44.6 Å². The normalized spacial score (nSPS) is 39.6. The van der Waals surface area contributed by atoms with Gasteiger partial charge in [-0.05, 0) is 96.6 Å². The van der Waals surface area contributed by atoms with E-state index in [4.69, 9.17) is 4.74 Å². The highest BCUT2D eigenvalue weighted by atomic mass is 17.0. The molecule has 0 saturated heterocycles. The van der Waals surface area contributed by atoms with E-state index in [9.17, 15) is 25.1 Å². The molecule has 0 spiro atoms. The standard InChI is InChI=1S/C28H37NO7/c1-26(2)20-9-21(26)22(30)8-19(20)25-23(31)6-18(7-24(25)32)28-12-16-5-17(13-28)11-27(10-16,14-28)15-35-3-4-36-29(33)34/h6-7,16-17,19-21,31-32H,3-5,8-15H2,1-2H3/t16?,17?,19-,20-,21+,27?,28?/m1/s1. The lowest BCUT2D eigenvalue weighted by atomic mass is 9.43. The number of ketones is 1. The number of phenolic OH excluding ortho intramolecular Hbond substituents is 2. The van der Waals surface area contributed by atoms with E-state index in [1.165, 1.54) is 6.42 Å². The van der Waals surface area contributed by atoms with Gasteiger partial charge in [0.2, 0.25) is 0 Å². The molecule has 8 nitrogen and oxygen atoms in total. The van der Waals surface area contributed by atoms with Crippen molar-refractivity contribution < 1.29 is 29.7 Å². The molecule has 7 aliphatic rings. The average molecular weight is 500 g/mol. The number of phenols is 2. The van der Waals surface area contributed by atoms with Crippen LogP contribution in [0.3, 0.4) is 0 Å². The Morgan fingerprint density at radius 2 is 1.72 bits per heavy atom. The molecule has 1 aromatic rings. The SMILES string of the molecule is CC1(C)[C@@H]2C[C@H]1C(=O)C[C@H]2c1c(O)cc(C23CC4CC(CC(COCCO[N+](=O)[O-])(C4)C2)C3)cc1O. The van der Waals surface area contributed by atoms with Gasteiger partial charge in [-0.1, -0.05) is 13.8 Å². The lowest BCUT2D eigenvalue weighted by Gasteiger charge is -2.62. The molecule has 6 bridgehead atoms. The predicted molar refractivity (Wildman–Crippen MR) is 130 cm³/mol. The maximum absolute atomic E-state index is 12.7. The van der Waals surface area contributed by atoms with Crippen LogP contribution in [0.15, 0.2) is 12.1 Å². The third kappa shape index (κ3) is 3.62. The largest absolute Gasteiger partial charge is 0.508 e. The van der Waals surface area contributed by atoms with Crippen LogP contribution < -0.4 is 0 Å². The smallest absolute Gasteiger partial charge is 0.294 e. The molecule has 0 radical (unpaired) electrons. The summed E-state index contributed by atoms with van der Waals surface area (Å²) < 4.78 is 5.88. The molecule has 7 fully saturated rings. The second-order valence-electron chi connectivity index (χ2n) is 13.3. The van der Waals surface area contributed by atoms with E-state index in [1.54, 1.807) is 0 Å². The number of hydrogen-bond acceptors (Lipinski definition) is 7. The summed E-state index contributed by atoms with van der Waals surface area (Å²) in [6.07, 6.45) is 7.68. The Morgan fingerprint density at radius 1 is 1.06 bits per heavy atom. The Kier molecular flexibility index (Phi) is 5.38. The molecule has 36 heavy (non-hydrogen) atoms. The molecule has 0 aromatic heterocycles. The van der Waals surface area contributed by atoms with Crippen LogP contribution in [0.25, 0.3) is 0 Å². The van der Waals surface area contributed by atoms with Crippen molar-refractivity contribution in [1.29, 1.82) is 0 Å². The zero-order valence-electron chi connectivity index (χ0n) is 21.2. The maximum Gasteiger partial charge on any atom is 0.294 e. The highest BCUT2D eigenvalue weighted by Crippen LogP contribution is 2.67. The summed E-state index contributed by atoms with van der Waals surface area (Å²) in [5.41, 5.74) is 1.38. The second kappa shape index (κ2) is 8.07. The van der Waals surface area contributed by atoms with Gasteiger partial charge in [-0.3, -0.25) is 4.79 Å². The Balaban J connectivity index is 1.25. The fraction of sp³-hybridized carbons (Fsp3) is 0.750. The first kappa shape index (κ1) is 24.0. The maximum atomic E-state index is 12.7. The van der Waals surface area contributed by atoms with E-state index in [-0.39, 0.29) is 58.6 Å². The fourth-order valence-electron chi connectivity index (χ4n) is 9.72. The number of hydrogen-bond donors (Lipinski definition) is 2. The van der Waals surface area contributed by atoms with Crippen molar-refractivity contribution in [1.82, 2.24) is 0 Å². The van der Waals surface area contributed by atoms with Crippen LogP contribution in [-0.2, 0) is 19.8 Å². The van der Waals surface area contributed by atoms with E-state index in [2.05, 4.69) is 18.7 Å². The molecule has 2 N–H and O–H groups in total. The third-order valence-corrected chi connectivity index (χ3v) is 10.8. The van der Waals surface area contributed by atoms with Crippen molar-refractivity contribution in [2.45, 2.75) is 76.5 Å². The summed E-state index contributed by atoms with van der Waals surface area (Å²) >= 11 is 0. The summed E-state index contributed by atoms with van der Waals surface area (Å²) in [5, 5.41) is 32.1. The van der Waals surface area contributed by atoms with Gasteiger partial charge < -0.3 is 19.8 Å². The zero-order chi connectivity index (χ0) is 25.5. The first-order valence-electron chi connectivity index (χ1n) is 13.5. The van der Waals surface area contributed by atoms with Gasteiger partial charge in [0.15, 0.2) is 0 Å². The van der Waals surface area contributed by atoms with Gasteiger partial charge in [0, 0.05) is 23.8 Å². The Labute approximate surface area is 211 Å². The molecule has 196 valence electrons.